The van der Waals surface area contributed by atoms with Gasteiger partial charge >= 0.3 is 6.18 Å². The number of benzene rings is 3. The molecule has 0 N–H and O–H groups in total. The van der Waals surface area contributed by atoms with Crippen LogP contribution in [0, 0.1) is 0 Å². The first-order valence-electron chi connectivity index (χ1n) is 8.11. The summed E-state index contributed by atoms with van der Waals surface area (Å²) in [5, 5.41) is 5.84. The van der Waals surface area contributed by atoms with Crippen molar-refractivity contribution >= 4 is 10.8 Å². The second kappa shape index (κ2) is 6.75. The zero-order chi connectivity index (χ0) is 18.9. The summed E-state index contributed by atoms with van der Waals surface area (Å²) in [6, 6.07) is 18.1. The molecule has 1 heterocycles. The number of alkyl halides is 3. The number of hydrogen-bond acceptors (Lipinski definition) is 4. The van der Waals surface area contributed by atoms with E-state index in [4.69, 9.17) is 9.26 Å². The fourth-order valence-corrected chi connectivity index (χ4v) is 2.70. The third kappa shape index (κ3) is 3.62. The predicted octanol–water partition coefficient (Wildman–Crippen LogP) is 5.49. The number of rotatable bonds is 4. The van der Waals surface area contributed by atoms with Gasteiger partial charge in [0, 0.05) is 10.9 Å². The Morgan fingerprint density at radius 1 is 0.889 bits per heavy atom. The Morgan fingerprint density at radius 3 is 2.41 bits per heavy atom. The number of ether oxygens (including phenoxy) is 1. The van der Waals surface area contributed by atoms with Crippen LogP contribution in [-0.2, 0) is 12.8 Å². The molecule has 0 spiro atoms. The highest BCUT2D eigenvalue weighted by molar-refractivity contribution is 5.88. The summed E-state index contributed by atoms with van der Waals surface area (Å²) in [4.78, 5) is 4.18. The van der Waals surface area contributed by atoms with Crippen molar-refractivity contribution in [1.29, 1.82) is 0 Å². The van der Waals surface area contributed by atoms with E-state index in [9.17, 15) is 13.2 Å². The minimum Gasteiger partial charge on any atom is -0.485 e. The van der Waals surface area contributed by atoms with Gasteiger partial charge in [0.1, 0.15) is 5.75 Å². The normalized spacial score (nSPS) is 11.7. The molecule has 4 nitrogen and oxygen atoms in total. The summed E-state index contributed by atoms with van der Waals surface area (Å²) in [5.74, 6) is 1.13. The number of fused-ring (bicyclic) bond motifs is 1. The summed E-state index contributed by atoms with van der Waals surface area (Å²) in [6.45, 7) is 0.0815. The second-order valence-electron chi connectivity index (χ2n) is 5.86. The number of hydrogen-bond donors (Lipinski definition) is 0. The molecule has 3 aromatic carbocycles. The van der Waals surface area contributed by atoms with Crippen LogP contribution in [0.25, 0.3) is 22.2 Å². The Kier molecular flexibility index (Phi) is 4.27. The molecule has 4 rings (SSSR count). The summed E-state index contributed by atoms with van der Waals surface area (Å²) in [7, 11) is 0. The average molecular weight is 370 g/mol. The van der Waals surface area contributed by atoms with Crippen molar-refractivity contribution in [3.05, 3.63) is 78.1 Å². The molecular weight excluding hydrogens is 357 g/mol. The van der Waals surface area contributed by atoms with Crippen LogP contribution in [0.1, 0.15) is 11.4 Å². The van der Waals surface area contributed by atoms with Crippen LogP contribution in [0.4, 0.5) is 13.2 Å². The molecule has 0 unspecified atom stereocenters. The lowest BCUT2D eigenvalue weighted by Crippen LogP contribution is -2.04. The first kappa shape index (κ1) is 17.1. The summed E-state index contributed by atoms with van der Waals surface area (Å²) < 4.78 is 48.8. The van der Waals surface area contributed by atoms with Gasteiger partial charge in [0.2, 0.25) is 5.82 Å². The van der Waals surface area contributed by atoms with Crippen LogP contribution >= 0.6 is 0 Å². The Bertz CT molecular complexity index is 1070. The van der Waals surface area contributed by atoms with Crippen molar-refractivity contribution in [2.75, 3.05) is 0 Å². The van der Waals surface area contributed by atoms with Gasteiger partial charge in [-0.1, -0.05) is 41.6 Å². The van der Waals surface area contributed by atoms with Crippen molar-refractivity contribution in [2.24, 2.45) is 0 Å². The highest BCUT2D eigenvalue weighted by Crippen LogP contribution is 2.31. The maximum absolute atomic E-state index is 12.6. The molecule has 27 heavy (non-hydrogen) atoms. The average Bonchev–Trinajstić information content (AvgIpc) is 3.15. The molecule has 1 aromatic heterocycles. The molecule has 0 aliphatic rings. The van der Waals surface area contributed by atoms with Crippen molar-refractivity contribution in [3.63, 3.8) is 0 Å². The summed E-state index contributed by atoms with van der Waals surface area (Å²) in [5.41, 5.74) is -0.322. The van der Waals surface area contributed by atoms with E-state index in [2.05, 4.69) is 10.1 Å². The molecule has 0 saturated carbocycles. The third-order valence-corrected chi connectivity index (χ3v) is 4.03. The lowest BCUT2D eigenvalue weighted by atomic mass is 10.1. The van der Waals surface area contributed by atoms with Gasteiger partial charge in [0.05, 0.1) is 5.56 Å². The first-order valence-corrected chi connectivity index (χ1v) is 8.11. The van der Waals surface area contributed by atoms with E-state index in [-0.39, 0.29) is 12.5 Å². The molecule has 0 aliphatic heterocycles. The standard InChI is InChI=1S/C20H13F3N2O2/c21-20(22,23)15-10-8-14(9-11-15)19-24-18(25-27-19)12-26-17-7-3-5-13-4-1-2-6-16(13)17/h1-11H,12H2. The molecule has 4 aromatic rings. The lowest BCUT2D eigenvalue weighted by molar-refractivity contribution is -0.137. The SMILES string of the molecule is FC(F)(F)c1ccc(-c2nc(COc3cccc4ccccc34)no2)cc1. The molecule has 0 bridgehead atoms. The first-order chi connectivity index (χ1) is 13.0. The summed E-state index contributed by atoms with van der Waals surface area (Å²) in [6.07, 6.45) is -4.38. The van der Waals surface area contributed by atoms with Crippen molar-refractivity contribution in [2.45, 2.75) is 12.8 Å². The monoisotopic (exact) mass is 370 g/mol. The van der Waals surface area contributed by atoms with Crippen molar-refractivity contribution in [1.82, 2.24) is 10.1 Å². The van der Waals surface area contributed by atoms with Gasteiger partial charge in [0.25, 0.3) is 5.89 Å². The molecule has 7 heteroatoms. The molecule has 0 amide bonds. The van der Waals surface area contributed by atoms with Crippen LogP contribution in [0.15, 0.2) is 71.3 Å². The quantitative estimate of drug-likeness (QED) is 0.477. The van der Waals surface area contributed by atoms with E-state index in [0.717, 1.165) is 22.9 Å². The molecule has 0 saturated heterocycles. The van der Waals surface area contributed by atoms with Crippen LogP contribution in [0.3, 0.4) is 0 Å². The lowest BCUT2D eigenvalue weighted by Gasteiger charge is -2.07. The van der Waals surface area contributed by atoms with E-state index in [1.165, 1.54) is 12.1 Å². The zero-order valence-corrected chi connectivity index (χ0v) is 13.9. The maximum atomic E-state index is 12.6. The van der Waals surface area contributed by atoms with Crippen LogP contribution in [-0.4, -0.2) is 10.1 Å². The fraction of sp³-hybridized carbons (Fsp3) is 0.100. The van der Waals surface area contributed by atoms with Gasteiger partial charge in [-0.3, -0.25) is 0 Å². The predicted molar refractivity (Wildman–Crippen MR) is 93.0 cm³/mol. The van der Waals surface area contributed by atoms with E-state index in [1.54, 1.807) is 0 Å². The summed E-state index contributed by atoms with van der Waals surface area (Å²) >= 11 is 0. The minimum absolute atomic E-state index is 0.0815. The Hall–Kier alpha value is -3.35. The molecule has 0 atom stereocenters. The smallest absolute Gasteiger partial charge is 0.416 e. The van der Waals surface area contributed by atoms with Gasteiger partial charge in [-0.25, -0.2) is 0 Å². The highest BCUT2D eigenvalue weighted by Gasteiger charge is 2.30. The third-order valence-electron chi connectivity index (χ3n) is 4.03. The van der Waals surface area contributed by atoms with Crippen LogP contribution < -0.4 is 4.74 Å². The maximum Gasteiger partial charge on any atom is 0.416 e. The Morgan fingerprint density at radius 2 is 1.63 bits per heavy atom. The number of nitrogens with zero attached hydrogens (tertiary/aromatic N) is 2. The zero-order valence-electron chi connectivity index (χ0n) is 13.9. The van der Waals surface area contributed by atoms with Crippen molar-refractivity contribution < 1.29 is 22.4 Å². The van der Waals surface area contributed by atoms with E-state index >= 15 is 0 Å². The van der Waals surface area contributed by atoms with Gasteiger partial charge in [0.15, 0.2) is 6.61 Å². The largest absolute Gasteiger partial charge is 0.485 e. The Labute approximate surface area is 152 Å². The molecule has 0 radical (unpaired) electrons. The van der Waals surface area contributed by atoms with E-state index in [1.807, 2.05) is 42.5 Å². The van der Waals surface area contributed by atoms with Crippen molar-refractivity contribution in [3.8, 4) is 17.2 Å². The van der Waals surface area contributed by atoms with Gasteiger partial charge in [-0.15, -0.1) is 0 Å². The molecule has 0 fully saturated rings. The Balaban J connectivity index is 1.50. The fourth-order valence-electron chi connectivity index (χ4n) is 2.70. The van der Waals surface area contributed by atoms with Crippen LogP contribution in [0.5, 0.6) is 5.75 Å². The van der Waals surface area contributed by atoms with Gasteiger partial charge in [-0.2, -0.15) is 18.2 Å². The van der Waals surface area contributed by atoms with E-state index < -0.39 is 11.7 Å². The minimum atomic E-state index is -4.38. The van der Waals surface area contributed by atoms with Gasteiger partial charge < -0.3 is 9.26 Å². The number of halogens is 3. The number of aromatic nitrogens is 2. The topological polar surface area (TPSA) is 48.2 Å². The van der Waals surface area contributed by atoms with Crippen LogP contribution in [0.2, 0.25) is 0 Å². The second-order valence-corrected chi connectivity index (χ2v) is 5.86. The highest BCUT2D eigenvalue weighted by atomic mass is 19.4. The molecule has 0 aliphatic carbocycles. The molecular formula is C20H13F3N2O2. The van der Waals surface area contributed by atoms with E-state index in [0.29, 0.717) is 17.1 Å². The molecule has 136 valence electrons. The van der Waals surface area contributed by atoms with Gasteiger partial charge in [-0.05, 0) is 35.7 Å².